The highest BCUT2D eigenvalue weighted by Gasteiger charge is 2.06. The molecule has 7 heteroatoms. The molecular weight excluding hydrogens is 297 g/mol. The van der Waals surface area contributed by atoms with Crippen molar-refractivity contribution in [3.05, 3.63) is 34.4 Å². The van der Waals surface area contributed by atoms with Crippen LogP contribution in [0, 0.1) is 0 Å². The Hall–Kier alpha value is -1.59. The molecule has 106 valence electrons. The molecule has 2 rings (SSSR count). The lowest BCUT2D eigenvalue weighted by molar-refractivity contribution is 0.827. The van der Waals surface area contributed by atoms with Crippen LogP contribution in [-0.2, 0) is 0 Å². The van der Waals surface area contributed by atoms with Crippen molar-refractivity contribution in [2.75, 3.05) is 17.2 Å². The molecule has 0 atom stereocenters. The average Bonchev–Trinajstić information content (AvgIpc) is 2.45. The van der Waals surface area contributed by atoms with Crippen molar-refractivity contribution in [1.82, 2.24) is 15.2 Å². The second-order valence-electron chi connectivity index (χ2n) is 4.17. The monoisotopic (exact) mass is 311 g/mol. The first kappa shape index (κ1) is 14.8. The molecule has 0 bridgehead atoms. The van der Waals surface area contributed by atoms with Gasteiger partial charge in [0.1, 0.15) is 0 Å². The van der Waals surface area contributed by atoms with E-state index in [2.05, 4.69) is 32.7 Å². The van der Waals surface area contributed by atoms with Crippen LogP contribution in [0.1, 0.15) is 19.8 Å². The summed E-state index contributed by atoms with van der Waals surface area (Å²) in [4.78, 5) is 4.31. The van der Waals surface area contributed by atoms with Crippen LogP contribution < -0.4 is 10.6 Å². The van der Waals surface area contributed by atoms with Crippen LogP contribution in [0.3, 0.4) is 0 Å². The van der Waals surface area contributed by atoms with Crippen molar-refractivity contribution in [2.45, 2.75) is 19.8 Å². The zero-order valence-electron chi connectivity index (χ0n) is 11.0. The molecule has 1 aromatic carbocycles. The lowest BCUT2D eigenvalue weighted by atomic mass is 10.3. The minimum absolute atomic E-state index is 0.371. The largest absolute Gasteiger partial charge is 0.369 e. The van der Waals surface area contributed by atoms with Gasteiger partial charge in [-0.2, -0.15) is 10.1 Å². The van der Waals surface area contributed by atoms with Crippen molar-refractivity contribution in [3.63, 3.8) is 0 Å². The highest BCUT2D eigenvalue weighted by Crippen LogP contribution is 2.30. The highest BCUT2D eigenvalue weighted by atomic mass is 35.5. The molecule has 2 aromatic rings. The summed E-state index contributed by atoms with van der Waals surface area (Å²) in [7, 11) is 0. The quantitative estimate of drug-likeness (QED) is 0.785. The van der Waals surface area contributed by atoms with E-state index in [0.29, 0.717) is 27.5 Å². The molecular formula is C13H15Cl2N5. The third-order valence-corrected chi connectivity index (χ3v) is 3.41. The van der Waals surface area contributed by atoms with Crippen molar-refractivity contribution < 1.29 is 0 Å². The average molecular weight is 312 g/mol. The number of anilines is 3. The van der Waals surface area contributed by atoms with Crippen LogP contribution in [0.5, 0.6) is 0 Å². The van der Waals surface area contributed by atoms with E-state index in [0.717, 1.165) is 19.4 Å². The summed E-state index contributed by atoms with van der Waals surface area (Å²) in [5, 5.41) is 14.9. The number of hydrogen-bond donors (Lipinski definition) is 2. The molecule has 0 saturated carbocycles. The zero-order chi connectivity index (χ0) is 14.4. The maximum absolute atomic E-state index is 6.10. The van der Waals surface area contributed by atoms with Crippen molar-refractivity contribution in [1.29, 1.82) is 0 Å². The van der Waals surface area contributed by atoms with E-state index in [9.17, 15) is 0 Å². The zero-order valence-corrected chi connectivity index (χ0v) is 12.5. The maximum atomic E-state index is 6.10. The Balaban J connectivity index is 2.09. The lowest BCUT2D eigenvalue weighted by Gasteiger charge is -2.09. The van der Waals surface area contributed by atoms with Gasteiger partial charge in [-0.3, -0.25) is 0 Å². The Morgan fingerprint density at radius 3 is 2.90 bits per heavy atom. The second-order valence-corrected chi connectivity index (χ2v) is 4.96. The standard InChI is InChI=1S/C13H15Cl2N5/c1-2-3-7-16-11-8-17-20-13(19-11)18-10-6-4-5-9(14)12(10)15/h4-6,8H,2-3,7H2,1H3,(H2,16,18,19,20). The Labute approximate surface area is 127 Å². The minimum atomic E-state index is 0.371. The van der Waals surface area contributed by atoms with Gasteiger partial charge in [0.05, 0.1) is 21.9 Å². The molecule has 0 unspecified atom stereocenters. The first-order chi connectivity index (χ1) is 9.70. The highest BCUT2D eigenvalue weighted by molar-refractivity contribution is 6.43. The van der Waals surface area contributed by atoms with Gasteiger partial charge in [-0.15, -0.1) is 5.10 Å². The molecule has 1 aromatic heterocycles. The molecule has 1 heterocycles. The molecule has 20 heavy (non-hydrogen) atoms. The van der Waals surface area contributed by atoms with Gasteiger partial charge in [-0.25, -0.2) is 0 Å². The summed E-state index contributed by atoms with van der Waals surface area (Å²) >= 11 is 12.1. The molecule has 2 N–H and O–H groups in total. The van der Waals surface area contributed by atoms with Crippen LogP contribution >= 0.6 is 23.2 Å². The fraction of sp³-hybridized carbons (Fsp3) is 0.308. The van der Waals surface area contributed by atoms with Gasteiger partial charge in [0.15, 0.2) is 5.82 Å². The van der Waals surface area contributed by atoms with E-state index >= 15 is 0 Å². The van der Waals surface area contributed by atoms with E-state index in [1.54, 1.807) is 24.4 Å². The fourth-order valence-electron chi connectivity index (χ4n) is 1.56. The first-order valence-electron chi connectivity index (χ1n) is 6.35. The summed E-state index contributed by atoms with van der Waals surface area (Å²) in [6, 6.07) is 5.32. The number of aromatic nitrogens is 3. The number of hydrogen-bond acceptors (Lipinski definition) is 5. The van der Waals surface area contributed by atoms with Gasteiger partial charge < -0.3 is 10.6 Å². The summed E-state index contributed by atoms with van der Waals surface area (Å²) in [6.07, 6.45) is 3.78. The van der Waals surface area contributed by atoms with E-state index in [-0.39, 0.29) is 0 Å². The number of unbranched alkanes of at least 4 members (excludes halogenated alkanes) is 1. The molecule has 0 amide bonds. The fourth-order valence-corrected chi connectivity index (χ4v) is 1.90. The number of nitrogens with zero attached hydrogens (tertiary/aromatic N) is 3. The Bertz CT molecular complexity index is 576. The predicted octanol–water partition coefficient (Wildman–Crippen LogP) is 4.13. The van der Waals surface area contributed by atoms with E-state index in [1.807, 2.05) is 0 Å². The first-order valence-corrected chi connectivity index (χ1v) is 7.11. The molecule has 0 fully saturated rings. The number of halogens is 2. The predicted molar refractivity (Wildman–Crippen MR) is 83.0 cm³/mol. The van der Waals surface area contributed by atoms with E-state index in [1.165, 1.54) is 0 Å². The van der Waals surface area contributed by atoms with Gasteiger partial charge in [0.25, 0.3) is 0 Å². The third kappa shape index (κ3) is 3.95. The summed E-state index contributed by atoms with van der Waals surface area (Å²) in [5.41, 5.74) is 0.645. The van der Waals surface area contributed by atoms with E-state index < -0.39 is 0 Å². The Morgan fingerprint density at radius 1 is 1.25 bits per heavy atom. The molecule has 0 saturated heterocycles. The summed E-state index contributed by atoms with van der Waals surface area (Å²) in [6.45, 7) is 2.99. The molecule has 0 aliphatic carbocycles. The molecule has 0 spiro atoms. The third-order valence-electron chi connectivity index (χ3n) is 2.59. The minimum Gasteiger partial charge on any atom is -0.369 e. The van der Waals surface area contributed by atoms with Crippen LogP contribution in [0.4, 0.5) is 17.5 Å². The summed E-state index contributed by atoms with van der Waals surface area (Å²) < 4.78 is 0. The molecule has 0 aliphatic heterocycles. The van der Waals surface area contributed by atoms with Crippen molar-refractivity contribution >= 4 is 40.7 Å². The molecule has 0 aliphatic rings. The topological polar surface area (TPSA) is 62.7 Å². The maximum Gasteiger partial charge on any atom is 0.249 e. The molecule has 5 nitrogen and oxygen atoms in total. The normalized spacial score (nSPS) is 10.3. The SMILES string of the molecule is CCCCNc1cnnc(Nc2cccc(Cl)c2Cl)n1. The van der Waals surface area contributed by atoms with Crippen LogP contribution in [0.2, 0.25) is 10.0 Å². The molecule has 0 radical (unpaired) electrons. The lowest BCUT2D eigenvalue weighted by Crippen LogP contribution is -2.06. The smallest absolute Gasteiger partial charge is 0.249 e. The van der Waals surface area contributed by atoms with Crippen LogP contribution in [-0.4, -0.2) is 21.7 Å². The van der Waals surface area contributed by atoms with Gasteiger partial charge in [-0.05, 0) is 18.6 Å². The number of nitrogens with one attached hydrogen (secondary N) is 2. The van der Waals surface area contributed by atoms with Gasteiger partial charge in [0, 0.05) is 6.54 Å². The van der Waals surface area contributed by atoms with Crippen LogP contribution in [0.15, 0.2) is 24.4 Å². The Kier molecular flexibility index (Phi) is 5.38. The van der Waals surface area contributed by atoms with Crippen LogP contribution in [0.25, 0.3) is 0 Å². The Morgan fingerprint density at radius 2 is 2.10 bits per heavy atom. The van der Waals surface area contributed by atoms with Crippen molar-refractivity contribution in [2.24, 2.45) is 0 Å². The van der Waals surface area contributed by atoms with Gasteiger partial charge in [0.2, 0.25) is 5.95 Å². The summed E-state index contributed by atoms with van der Waals surface area (Å²) in [5.74, 6) is 1.05. The van der Waals surface area contributed by atoms with E-state index in [4.69, 9.17) is 23.2 Å². The van der Waals surface area contributed by atoms with Gasteiger partial charge in [-0.1, -0.05) is 42.6 Å². The second kappa shape index (κ2) is 7.26. The number of rotatable bonds is 6. The number of benzene rings is 1. The van der Waals surface area contributed by atoms with Crippen molar-refractivity contribution in [3.8, 4) is 0 Å². The van der Waals surface area contributed by atoms with Gasteiger partial charge >= 0.3 is 0 Å².